The summed E-state index contributed by atoms with van der Waals surface area (Å²) in [7, 11) is 0. The lowest BCUT2D eigenvalue weighted by Gasteiger charge is -2.22. The van der Waals surface area contributed by atoms with Crippen LogP contribution in [-0.4, -0.2) is 49.0 Å². The van der Waals surface area contributed by atoms with Gasteiger partial charge in [-0.15, -0.1) is 0 Å². The summed E-state index contributed by atoms with van der Waals surface area (Å²) in [5.74, 6) is 0. The number of likely N-dealkylation sites (tertiary alicyclic amines) is 1. The van der Waals surface area contributed by atoms with Crippen molar-refractivity contribution < 1.29 is 9.84 Å². The van der Waals surface area contributed by atoms with E-state index in [1.807, 2.05) is 6.92 Å². The van der Waals surface area contributed by atoms with Crippen LogP contribution in [0.4, 0.5) is 0 Å². The monoisotopic (exact) mass is 173 g/mol. The van der Waals surface area contributed by atoms with Crippen LogP contribution in [0.5, 0.6) is 0 Å². The van der Waals surface area contributed by atoms with Crippen LogP contribution < -0.4 is 0 Å². The van der Waals surface area contributed by atoms with Gasteiger partial charge in [0, 0.05) is 19.2 Å². The van der Waals surface area contributed by atoms with Gasteiger partial charge < -0.3 is 9.84 Å². The van der Waals surface area contributed by atoms with Gasteiger partial charge >= 0.3 is 0 Å². The first kappa shape index (κ1) is 9.96. The molecular formula is C9H19NO2. The molecule has 3 heteroatoms. The number of hydrogen-bond acceptors (Lipinski definition) is 3. The maximum atomic E-state index is 8.79. The maximum absolute atomic E-state index is 8.79. The highest BCUT2D eigenvalue weighted by molar-refractivity contribution is 4.78. The minimum atomic E-state index is 0.266. The molecule has 1 N–H and O–H groups in total. The predicted octanol–water partition coefficient (Wildman–Crippen LogP) is 0.480. The number of aliphatic hydroxyl groups excluding tert-OH is 1. The van der Waals surface area contributed by atoms with Crippen LogP contribution in [0.25, 0.3) is 0 Å². The Morgan fingerprint density at radius 2 is 2.42 bits per heavy atom. The molecule has 12 heavy (non-hydrogen) atoms. The topological polar surface area (TPSA) is 32.7 Å². The Morgan fingerprint density at radius 3 is 3.08 bits per heavy atom. The van der Waals surface area contributed by atoms with E-state index in [2.05, 4.69) is 4.90 Å². The fourth-order valence-corrected chi connectivity index (χ4v) is 1.76. The maximum Gasteiger partial charge on any atom is 0.0621 e. The van der Waals surface area contributed by atoms with E-state index < -0.39 is 0 Å². The summed E-state index contributed by atoms with van der Waals surface area (Å²) in [4.78, 5) is 2.32. The Kier molecular flexibility index (Phi) is 4.58. The number of hydrogen-bond donors (Lipinski definition) is 1. The summed E-state index contributed by atoms with van der Waals surface area (Å²) in [5, 5.41) is 8.79. The van der Waals surface area contributed by atoms with Crippen molar-refractivity contribution in [1.29, 1.82) is 0 Å². The van der Waals surface area contributed by atoms with Crippen molar-refractivity contribution in [3.05, 3.63) is 0 Å². The van der Waals surface area contributed by atoms with Crippen molar-refractivity contribution in [3.8, 4) is 0 Å². The van der Waals surface area contributed by atoms with E-state index >= 15 is 0 Å². The minimum Gasteiger partial charge on any atom is -0.395 e. The fourth-order valence-electron chi connectivity index (χ4n) is 1.76. The Balaban J connectivity index is 2.20. The van der Waals surface area contributed by atoms with Crippen LogP contribution in [0.3, 0.4) is 0 Å². The number of aliphatic hydroxyl groups is 1. The molecule has 3 nitrogen and oxygen atoms in total. The second-order valence-corrected chi connectivity index (χ2v) is 3.22. The zero-order valence-corrected chi connectivity index (χ0v) is 7.83. The van der Waals surface area contributed by atoms with Crippen LogP contribution in [0, 0.1) is 0 Å². The zero-order valence-electron chi connectivity index (χ0n) is 7.83. The van der Waals surface area contributed by atoms with Crippen molar-refractivity contribution >= 4 is 0 Å². The molecule has 0 aromatic carbocycles. The summed E-state index contributed by atoms with van der Waals surface area (Å²) in [6, 6.07) is 0.553. The number of nitrogens with zero attached hydrogens (tertiary/aromatic N) is 1. The van der Waals surface area contributed by atoms with E-state index in [1.165, 1.54) is 12.8 Å². The molecule has 1 saturated heterocycles. The Labute approximate surface area is 74.3 Å². The molecule has 1 rings (SSSR count). The van der Waals surface area contributed by atoms with Gasteiger partial charge in [0.25, 0.3) is 0 Å². The van der Waals surface area contributed by atoms with E-state index in [1.54, 1.807) is 0 Å². The zero-order chi connectivity index (χ0) is 8.81. The summed E-state index contributed by atoms with van der Waals surface area (Å²) >= 11 is 0. The largest absolute Gasteiger partial charge is 0.395 e. The second kappa shape index (κ2) is 5.51. The third-order valence-electron chi connectivity index (χ3n) is 2.40. The molecule has 0 bridgehead atoms. The molecule has 0 saturated carbocycles. The first-order valence-corrected chi connectivity index (χ1v) is 4.81. The normalized spacial score (nSPS) is 25.0. The molecule has 1 atom stereocenters. The van der Waals surface area contributed by atoms with Crippen LogP contribution >= 0.6 is 0 Å². The van der Waals surface area contributed by atoms with Gasteiger partial charge in [0.15, 0.2) is 0 Å². The lowest BCUT2D eigenvalue weighted by Crippen LogP contribution is -2.35. The van der Waals surface area contributed by atoms with Crippen molar-refractivity contribution in [2.75, 3.05) is 32.9 Å². The van der Waals surface area contributed by atoms with E-state index in [9.17, 15) is 0 Å². The highest BCUT2D eigenvalue weighted by atomic mass is 16.5. The summed E-state index contributed by atoms with van der Waals surface area (Å²) in [6.07, 6.45) is 2.47. The molecule has 0 aliphatic carbocycles. The van der Waals surface area contributed by atoms with Crippen molar-refractivity contribution in [2.45, 2.75) is 25.8 Å². The van der Waals surface area contributed by atoms with E-state index in [0.717, 1.165) is 26.3 Å². The lowest BCUT2D eigenvalue weighted by molar-refractivity contribution is 0.0771. The van der Waals surface area contributed by atoms with E-state index in [0.29, 0.717) is 6.04 Å². The average Bonchev–Trinajstić information content (AvgIpc) is 2.50. The van der Waals surface area contributed by atoms with Gasteiger partial charge in [0.05, 0.1) is 13.2 Å². The van der Waals surface area contributed by atoms with Crippen LogP contribution in [0.2, 0.25) is 0 Å². The summed E-state index contributed by atoms with van der Waals surface area (Å²) < 4.78 is 5.37. The molecule has 72 valence electrons. The summed E-state index contributed by atoms with van der Waals surface area (Å²) in [6.45, 7) is 5.84. The first-order chi connectivity index (χ1) is 5.88. The second-order valence-electron chi connectivity index (χ2n) is 3.22. The molecule has 1 heterocycles. The molecule has 0 spiro atoms. The third-order valence-corrected chi connectivity index (χ3v) is 2.40. The minimum absolute atomic E-state index is 0.266. The molecule has 0 amide bonds. The molecule has 0 aromatic heterocycles. The quantitative estimate of drug-likeness (QED) is 0.656. The predicted molar refractivity (Wildman–Crippen MR) is 48.2 cm³/mol. The van der Waals surface area contributed by atoms with Gasteiger partial charge in [-0.25, -0.2) is 0 Å². The highest BCUT2D eigenvalue weighted by Gasteiger charge is 2.23. The lowest BCUT2D eigenvalue weighted by atomic mass is 10.2. The van der Waals surface area contributed by atoms with Crippen LogP contribution in [0.1, 0.15) is 19.8 Å². The molecule has 0 aromatic rings. The Hall–Kier alpha value is -0.120. The highest BCUT2D eigenvalue weighted by Crippen LogP contribution is 2.16. The van der Waals surface area contributed by atoms with Gasteiger partial charge in [0.2, 0.25) is 0 Å². The van der Waals surface area contributed by atoms with Gasteiger partial charge in [-0.3, -0.25) is 4.90 Å². The molecule has 1 aliphatic rings. The van der Waals surface area contributed by atoms with Crippen LogP contribution in [-0.2, 0) is 4.74 Å². The number of rotatable bonds is 5. The number of ether oxygens (including phenoxy) is 1. The molecular weight excluding hydrogens is 154 g/mol. The molecule has 0 radical (unpaired) electrons. The first-order valence-electron chi connectivity index (χ1n) is 4.81. The number of β-amino-alcohol motifs (C(OH)–C–C–N with tert-alkyl or cyclic N) is 1. The molecule has 1 fully saturated rings. The van der Waals surface area contributed by atoms with Crippen molar-refractivity contribution in [3.63, 3.8) is 0 Å². The van der Waals surface area contributed by atoms with Gasteiger partial charge in [-0.1, -0.05) is 0 Å². The van der Waals surface area contributed by atoms with Crippen molar-refractivity contribution in [1.82, 2.24) is 4.90 Å². The SMILES string of the molecule is CCOC[C@H]1CCCN1CCO. The smallest absolute Gasteiger partial charge is 0.0621 e. The molecule has 0 unspecified atom stereocenters. The van der Waals surface area contributed by atoms with E-state index in [-0.39, 0.29) is 6.61 Å². The van der Waals surface area contributed by atoms with E-state index in [4.69, 9.17) is 9.84 Å². The summed E-state index contributed by atoms with van der Waals surface area (Å²) in [5.41, 5.74) is 0. The third kappa shape index (κ3) is 2.73. The van der Waals surface area contributed by atoms with Crippen LogP contribution in [0.15, 0.2) is 0 Å². The Morgan fingerprint density at radius 1 is 1.58 bits per heavy atom. The van der Waals surface area contributed by atoms with Gasteiger partial charge in [-0.2, -0.15) is 0 Å². The Bertz CT molecular complexity index is 119. The molecule has 1 aliphatic heterocycles. The van der Waals surface area contributed by atoms with Crippen molar-refractivity contribution in [2.24, 2.45) is 0 Å². The fraction of sp³-hybridized carbons (Fsp3) is 1.00. The van der Waals surface area contributed by atoms with Gasteiger partial charge in [0.1, 0.15) is 0 Å². The standard InChI is InChI=1S/C9H19NO2/c1-2-12-8-9-4-3-5-10(9)6-7-11/h9,11H,2-8H2,1H3/t9-/m1/s1. The average molecular weight is 173 g/mol. The van der Waals surface area contributed by atoms with Gasteiger partial charge in [-0.05, 0) is 26.3 Å².